The second kappa shape index (κ2) is 7.70. The molecule has 22 heavy (non-hydrogen) atoms. The maximum atomic E-state index is 13.6. The molecular formula is C16H20FN3O2. The first-order valence-corrected chi connectivity index (χ1v) is 7.11. The Labute approximate surface area is 129 Å². The van der Waals surface area contributed by atoms with E-state index < -0.39 is 0 Å². The van der Waals surface area contributed by atoms with Gasteiger partial charge in [0.25, 0.3) is 0 Å². The van der Waals surface area contributed by atoms with Gasteiger partial charge in [-0.15, -0.1) is 0 Å². The summed E-state index contributed by atoms with van der Waals surface area (Å²) in [6, 6.07) is 7.38. The Morgan fingerprint density at radius 2 is 1.91 bits per heavy atom. The van der Waals surface area contributed by atoms with E-state index in [1.165, 1.54) is 6.20 Å². The van der Waals surface area contributed by atoms with E-state index in [0.29, 0.717) is 24.9 Å². The van der Waals surface area contributed by atoms with Crippen LogP contribution in [0.4, 0.5) is 16.0 Å². The third-order valence-corrected chi connectivity index (χ3v) is 2.98. The molecule has 0 unspecified atom stereocenters. The van der Waals surface area contributed by atoms with E-state index in [1.807, 2.05) is 38.1 Å². The van der Waals surface area contributed by atoms with Crippen LogP contribution in [0.25, 0.3) is 0 Å². The van der Waals surface area contributed by atoms with Gasteiger partial charge in [0, 0.05) is 12.8 Å². The lowest BCUT2D eigenvalue weighted by molar-refractivity contribution is 0.146. The fourth-order valence-corrected chi connectivity index (χ4v) is 1.85. The van der Waals surface area contributed by atoms with Crippen LogP contribution in [0.3, 0.4) is 0 Å². The van der Waals surface area contributed by atoms with Gasteiger partial charge in [-0.3, -0.25) is 0 Å². The zero-order valence-corrected chi connectivity index (χ0v) is 13.0. The lowest BCUT2D eigenvalue weighted by atomic mass is 10.1. The molecule has 0 aliphatic rings. The molecule has 0 aliphatic heterocycles. The molecule has 0 radical (unpaired) electrons. The number of nitrogens with zero attached hydrogens (tertiary/aromatic N) is 2. The van der Waals surface area contributed by atoms with Gasteiger partial charge in [-0.1, -0.05) is 13.8 Å². The highest BCUT2D eigenvalue weighted by Gasteiger charge is 2.10. The van der Waals surface area contributed by atoms with Gasteiger partial charge >= 0.3 is 0 Å². The van der Waals surface area contributed by atoms with Gasteiger partial charge in [-0.25, -0.2) is 14.4 Å². The summed E-state index contributed by atoms with van der Waals surface area (Å²) in [5.41, 5.74) is 1.21. The normalized spacial score (nSPS) is 10.8. The van der Waals surface area contributed by atoms with Crippen molar-refractivity contribution in [2.24, 2.45) is 0 Å². The highest BCUT2D eigenvalue weighted by Crippen LogP contribution is 2.20. The first-order chi connectivity index (χ1) is 10.6. The van der Waals surface area contributed by atoms with Gasteiger partial charge in [-0.05, 0) is 30.2 Å². The molecule has 0 fully saturated rings. The molecule has 6 heteroatoms. The number of halogens is 1. The minimum absolute atomic E-state index is 0.000102. The van der Waals surface area contributed by atoms with Crippen LogP contribution in [0.15, 0.2) is 30.5 Å². The second-order valence-electron chi connectivity index (χ2n) is 5.07. The summed E-state index contributed by atoms with van der Waals surface area (Å²) >= 11 is 0. The molecule has 0 saturated carbocycles. The minimum atomic E-state index is -0.387. The van der Waals surface area contributed by atoms with Gasteiger partial charge in [0.1, 0.15) is 12.4 Å². The summed E-state index contributed by atoms with van der Waals surface area (Å²) in [7, 11) is 1.63. The average molecular weight is 305 g/mol. The molecule has 1 N–H and O–H groups in total. The molecule has 0 bridgehead atoms. The van der Waals surface area contributed by atoms with Gasteiger partial charge in [0.2, 0.25) is 5.95 Å². The van der Waals surface area contributed by atoms with Crippen molar-refractivity contribution in [1.29, 1.82) is 0 Å². The molecule has 2 aromatic rings. The van der Waals surface area contributed by atoms with E-state index in [4.69, 9.17) is 9.47 Å². The molecule has 1 aromatic heterocycles. The third kappa shape index (κ3) is 4.39. The van der Waals surface area contributed by atoms with Crippen molar-refractivity contribution in [2.45, 2.75) is 19.8 Å². The van der Waals surface area contributed by atoms with Gasteiger partial charge in [-0.2, -0.15) is 0 Å². The lowest BCUT2D eigenvalue weighted by Crippen LogP contribution is -2.05. The number of rotatable bonds is 7. The van der Waals surface area contributed by atoms with E-state index in [0.717, 1.165) is 11.4 Å². The van der Waals surface area contributed by atoms with Crippen LogP contribution in [0.2, 0.25) is 0 Å². The highest BCUT2D eigenvalue weighted by atomic mass is 19.1. The van der Waals surface area contributed by atoms with Crippen molar-refractivity contribution in [1.82, 2.24) is 9.97 Å². The molecule has 1 aromatic carbocycles. The third-order valence-electron chi connectivity index (χ3n) is 2.98. The lowest BCUT2D eigenvalue weighted by Gasteiger charge is -2.10. The SMILES string of the molecule is COCCOc1ccc(Nc2ncc(F)c(C(C)C)n2)cc1. The number of nitrogens with one attached hydrogen (secondary N) is 1. The van der Waals surface area contributed by atoms with E-state index >= 15 is 0 Å². The largest absolute Gasteiger partial charge is 0.491 e. The minimum Gasteiger partial charge on any atom is -0.491 e. The van der Waals surface area contributed by atoms with Crippen LogP contribution in [-0.4, -0.2) is 30.3 Å². The fourth-order valence-electron chi connectivity index (χ4n) is 1.85. The Bertz CT molecular complexity index is 603. The molecule has 0 aliphatic carbocycles. The highest BCUT2D eigenvalue weighted by molar-refractivity contribution is 5.54. The summed E-state index contributed by atoms with van der Waals surface area (Å²) in [6.45, 7) is 4.83. The molecule has 5 nitrogen and oxygen atoms in total. The predicted molar refractivity (Wildman–Crippen MR) is 83.2 cm³/mol. The van der Waals surface area contributed by atoms with Crippen LogP contribution in [-0.2, 0) is 4.74 Å². The topological polar surface area (TPSA) is 56.3 Å². The van der Waals surface area contributed by atoms with Crippen LogP contribution in [0.1, 0.15) is 25.5 Å². The standard InChI is InChI=1S/C16H20FN3O2/c1-11(2)15-14(17)10-18-16(20-15)19-12-4-6-13(7-5-12)22-9-8-21-3/h4-7,10-11H,8-9H2,1-3H3,(H,18,19,20). The maximum Gasteiger partial charge on any atom is 0.227 e. The Hall–Kier alpha value is -2.21. The molecule has 118 valence electrons. The van der Waals surface area contributed by atoms with Gasteiger partial charge < -0.3 is 14.8 Å². The number of aromatic nitrogens is 2. The van der Waals surface area contributed by atoms with Crippen LogP contribution >= 0.6 is 0 Å². The Kier molecular flexibility index (Phi) is 5.66. The number of hydrogen-bond donors (Lipinski definition) is 1. The molecule has 1 heterocycles. The van der Waals surface area contributed by atoms with E-state index in [-0.39, 0.29) is 11.7 Å². The zero-order chi connectivity index (χ0) is 15.9. The van der Waals surface area contributed by atoms with Gasteiger partial charge in [0.05, 0.1) is 18.5 Å². The Morgan fingerprint density at radius 3 is 2.55 bits per heavy atom. The van der Waals surface area contributed by atoms with Crippen molar-refractivity contribution < 1.29 is 13.9 Å². The maximum absolute atomic E-state index is 13.6. The number of methoxy groups -OCH3 is 1. The number of anilines is 2. The fraction of sp³-hybridized carbons (Fsp3) is 0.375. The molecule has 0 spiro atoms. The van der Waals surface area contributed by atoms with Crippen molar-refractivity contribution in [3.8, 4) is 5.75 Å². The van der Waals surface area contributed by atoms with Crippen molar-refractivity contribution >= 4 is 11.6 Å². The first-order valence-electron chi connectivity index (χ1n) is 7.11. The first kappa shape index (κ1) is 16.2. The summed E-state index contributed by atoms with van der Waals surface area (Å²) < 4.78 is 24.0. The molecule has 0 atom stereocenters. The second-order valence-corrected chi connectivity index (χ2v) is 5.07. The van der Waals surface area contributed by atoms with Crippen molar-refractivity contribution in [3.05, 3.63) is 42.0 Å². The zero-order valence-electron chi connectivity index (χ0n) is 13.0. The quantitative estimate of drug-likeness (QED) is 0.793. The van der Waals surface area contributed by atoms with Crippen LogP contribution in [0.5, 0.6) is 5.75 Å². The molecule has 0 saturated heterocycles. The summed E-state index contributed by atoms with van der Waals surface area (Å²) in [5.74, 6) is 0.742. The number of benzene rings is 1. The average Bonchev–Trinajstić information content (AvgIpc) is 2.51. The number of ether oxygens (including phenoxy) is 2. The molecular weight excluding hydrogens is 285 g/mol. The van der Waals surface area contributed by atoms with E-state index in [2.05, 4.69) is 15.3 Å². The van der Waals surface area contributed by atoms with Crippen LogP contribution < -0.4 is 10.1 Å². The molecule has 0 amide bonds. The predicted octanol–water partition coefficient (Wildman–Crippen LogP) is 3.51. The molecule has 2 rings (SSSR count). The summed E-state index contributed by atoms with van der Waals surface area (Å²) in [5, 5.41) is 3.05. The van der Waals surface area contributed by atoms with E-state index in [1.54, 1.807) is 7.11 Å². The smallest absolute Gasteiger partial charge is 0.227 e. The monoisotopic (exact) mass is 305 g/mol. The van der Waals surface area contributed by atoms with E-state index in [9.17, 15) is 4.39 Å². The summed E-state index contributed by atoms with van der Waals surface area (Å²) in [4.78, 5) is 8.16. The van der Waals surface area contributed by atoms with Crippen molar-refractivity contribution in [2.75, 3.05) is 25.6 Å². The van der Waals surface area contributed by atoms with Crippen molar-refractivity contribution in [3.63, 3.8) is 0 Å². The van der Waals surface area contributed by atoms with Crippen LogP contribution in [0, 0.1) is 5.82 Å². The Balaban J connectivity index is 2.03. The number of hydrogen-bond acceptors (Lipinski definition) is 5. The Morgan fingerprint density at radius 1 is 1.18 bits per heavy atom. The summed E-state index contributed by atoms with van der Waals surface area (Å²) in [6.07, 6.45) is 1.19. The van der Waals surface area contributed by atoms with Gasteiger partial charge in [0.15, 0.2) is 5.82 Å².